The zero-order chi connectivity index (χ0) is 17.3. The second-order valence-corrected chi connectivity index (χ2v) is 7.56. The smallest absolute Gasteiger partial charge is 0.327 e. The van der Waals surface area contributed by atoms with Gasteiger partial charge in [0.1, 0.15) is 0 Å². The first kappa shape index (κ1) is 25.1. The maximum atomic E-state index is 11.7. The average molecular weight is 361 g/mol. The van der Waals surface area contributed by atoms with Crippen LogP contribution in [0.3, 0.4) is 0 Å². The van der Waals surface area contributed by atoms with Gasteiger partial charge in [0.25, 0.3) is 10.1 Å². The van der Waals surface area contributed by atoms with Gasteiger partial charge in [-0.25, -0.2) is 0 Å². The Balaban J connectivity index is 0. The van der Waals surface area contributed by atoms with Crippen LogP contribution in [0.25, 0.3) is 0 Å². The van der Waals surface area contributed by atoms with Crippen molar-refractivity contribution in [2.75, 3.05) is 13.2 Å². The third-order valence-electron chi connectivity index (χ3n) is 2.87. The van der Waals surface area contributed by atoms with Crippen LogP contribution in [0.1, 0.15) is 47.0 Å². The second-order valence-electron chi connectivity index (χ2n) is 5.96. The molecule has 0 aromatic rings. The molecule has 0 amide bonds. The van der Waals surface area contributed by atoms with Crippen LogP contribution in [0.5, 0.6) is 0 Å². The summed E-state index contributed by atoms with van der Waals surface area (Å²) in [6.07, 6.45) is 0.432. The molecule has 1 N–H and O–H groups in total. The Bertz CT molecular complexity index is 460. The molecule has 0 bridgehead atoms. The molecular formula is C14H26NaO7S. The number of ether oxygens (including phenoxy) is 2. The maximum absolute atomic E-state index is 11.7. The van der Waals surface area contributed by atoms with Crippen molar-refractivity contribution in [2.45, 2.75) is 52.2 Å². The average Bonchev–Trinajstić information content (AvgIpc) is 2.33. The quantitative estimate of drug-likeness (QED) is 0.356. The molecule has 131 valence electrons. The Kier molecular flexibility index (Phi) is 13.4. The van der Waals surface area contributed by atoms with E-state index in [4.69, 9.17) is 14.0 Å². The van der Waals surface area contributed by atoms with Crippen molar-refractivity contribution in [3.8, 4) is 0 Å². The normalized spacial score (nSPS) is 12.7. The van der Waals surface area contributed by atoms with E-state index in [1.54, 1.807) is 0 Å². The third-order valence-corrected chi connectivity index (χ3v) is 3.95. The van der Waals surface area contributed by atoms with Gasteiger partial charge in [-0.1, -0.05) is 27.7 Å². The van der Waals surface area contributed by atoms with Gasteiger partial charge >= 0.3 is 11.9 Å². The van der Waals surface area contributed by atoms with Crippen LogP contribution in [-0.2, 0) is 29.2 Å². The van der Waals surface area contributed by atoms with E-state index in [1.165, 1.54) is 0 Å². The molecule has 0 aliphatic heterocycles. The van der Waals surface area contributed by atoms with Gasteiger partial charge in [-0.15, -0.1) is 0 Å². The SMILES string of the molecule is CC(C)CCOC(=O)CC(C(=O)OCCC(C)C)S(=O)(=O)O.[Na]. The van der Waals surface area contributed by atoms with Crippen LogP contribution in [-0.4, -0.2) is 72.9 Å². The van der Waals surface area contributed by atoms with E-state index in [0.29, 0.717) is 18.8 Å². The van der Waals surface area contributed by atoms with Crippen LogP contribution in [0.4, 0.5) is 0 Å². The standard InChI is InChI=1S/C14H26O7S.Na/c1-10(2)5-7-20-13(15)9-12(22(17,18)19)14(16)21-8-6-11(3)4;/h10-12H,5-9H2,1-4H3,(H,17,18,19);. The van der Waals surface area contributed by atoms with E-state index < -0.39 is 33.7 Å². The summed E-state index contributed by atoms with van der Waals surface area (Å²) in [5, 5.41) is -1.94. The summed E-state index contributed by atoms with van der Waals surface area (Å²) in [6, 6.07) is 0. The first-order valence-corrected chi connectivity index (χ1v) is 8.83. The van der Waals surface area contributed by atoms with Crippen LogP contribution < -0.4 is 0 Å². The van der Waals surface area contributed by atoms with E-state index in [1.807, 2.05) is 27.7 Å². The van der Waals surface area contributed by atoms with Gasteiger partial charge in [0, 0.05) is 29.6 Å². The van der Waals surface area contributed by atoms with E-state index in [0.717, 1.165) is 0 Å². The van der Waals surface area contributed by atoms with Crippen LogP contribution in [0.15, 0.2) is 0 Å². The molecule has 7 nitrogen and oxygen atoms in total. The Morgan fingerprint density at radius 2 is 1.39 bits per heavy atom. The second kappa shape index (κ2) is 12.2. The monoisotopic (exact) mass is 361 g/mol. The maximum Gasteiger partial charge on any atom is 0.327 e. The Morgan fingerprint density at radius 1 is 0.957 bits per heavy atom. The van der Waals surface area contributed by atoms with Gasteiger partial charge in [0.2, 0.25) is 0 Å². The first-order chi connectivity index (χ1) is 10.0. The Morgan fingerprint density at radius 3 is 1.78 bits per heavy atom. The van der Waals surface area contributed by atoms with E-state index >= 15 is 0 Å². The molecule has 0 aliphatic carbocycles. The summed E-state index contributed by atoms with van der Waals surface area (Å²) in [4.78, 5) is 23.3. The molecule has 0 aromatic heterocycles. The van der Waals surface area contributed by atoms with Crippen LogP contribution in [0.2, 0.25) is 0 Å². The molecule has 0 aromatic carbocycles. The minimum Gasteiger partial charge on any atom is -0.466 e. The molecule has 0 rings (SSSR count). The topological polar surface area (TPSA) is 107 Å². The van der Waals surface area contributed by atoms with Gasteiger partial charge < -0.3 is 9.47 Å². The molecule has 1 atom stereocenters. The molecule has 9 heteroatoms. The summed E-state index contributed by atoms with van der Waals surface area (Å²) in [6.45, 7) is 7.89. The fraction of sp³-hybridized carbons (Fsp3) is 0.857. The Labute approximate surface area is 160 Å². The molecule has 0 aliphatic rings. The fourth-order valence-corrected chi connectivity index (χ4v) is 2.08. The Hall–Kier alpha value is -0.150. The molecule has 1 unspecified atom stereocenters. The van der Waals surface area contributed by atoms with E-state index in [-0.39, 0.29) is 48.7 Å². The summed E-state index contributed by atoms with van der Waals surface area (Å²) in [5.41, 5.74) is 0. The molecule has 0 heterocycles. The summed E-state index contributed by atoms with van der Waals surface area (Å²) in [7, 11) is -4.73. The largest absolute Gasteiger partial charge is 0.466 e. The van der Waals surface area contributed by atoms with E-state index in [9.17, 15) is 18.0 Å². The molecular weight excluding hydrogens is 335 g/mol. The van der Waals surface area contributed by atoms with Crippen molar-refractivity contribution in [2.24, 2.45) is 11.8 Å². The molecule has 0 fully saturated rings. The van der Waals surface area contributed by atoms with Gasteiger partial charge in [0.15, 0.2) is 5.25 Å². The van der Waals surface area contributed by atoms with E-state index in [2.05, 4.69) is 0 Å². The molecule has 0 saturated carbocycles. The van der Waals surface area contributed by atoms with Crippen molar-refractivity contribution < 1.29 is 32.0 Å². The number of esters is 2. The zero-order valence-corrected chi connectivity index (χ0v) is 17.4. The van der Waals surface area contributed by atoms with Crippen molar-refractivity contribution in [1.82, 2.24) is 0 Å². The predicted octanol–water partition coefficient (Wildman–Crippen LogP) is 1.43. The number of carbonyl (C=O) groups excluding carboxylic acids is 2. The van der Waals surface area contributed by atoms with Gasteiger partial charge in [-0.2, -0.15) is 8.42 Å². The molecule has 0 spiro atoms. The summed E-state index contributed by atoms with van der Waals surface area (Å²) < 4.78 is 41.2. The van der Waals surface area contributed by atoms with Crippen molar-refractivity contribution in [3.05, 3.63) is 0 Å². The molecule has 1 radical (unpaired) electrons. The summed E-state index contributed by atoms with van der Waals surface area (Å²) >= 11 is 0. The number of rotatable bonds is 10. The van der Waals surface area contributed by atoms with Gasteiger partial charge in [-0.3, -0.25) is 14.1 Å². The minimum atomic E-state index is -4.73. The predicted molar refractivity (Wildman–Crippen MR) is 86.5 cm³/mol. The minimum absolute atomic E-state index is 0. The number of carbonyl (C=O) groups is 2. The van der Waals surface area contributed by atoms with Crippen molar-refractivity contribution in [1.29, 1.82) is 0 Å². The molecule has 0 saturated heterocycles. The zero-order valence-electron chi connectivity index (χ0n) is 14.6. The van der Waals surface area contributed by atoms with Crippen LogP contribution in [0, 0.1) is 11.8 Å². The summed E-state index contributed by atoms with van der Waals surface area (Å²) in [5.74, 6) is -1.39. The fourth-order valence-electron chi connectivity index (χ4n) is 1.42. The van der Waals surface area contributed by atoms with Crippen molar-refractivity contribution in [3.63, 3.8) is 0 Å². The van der Waals surface area contributed by atoms with Gasteiger partial charge in [0.05, 0.1) is 19.6 Å². The number of hydrogen-bond donors (Lipinski definition) is 1. The van der Waals surface area contributed by atoms with Crippen LogP contribution >= 0.6 is 0 Å². The third kappa shape index (κ3) is 12.9. The molecule has 23 heavy (non-hydrogen) atoms. The van der Waals surface area contributed by atoms with Crippen molar-refractivity contribution >= 4 is 51.6 Å². The first-order valence-electron chi connectivity index (χ1n) is 7.32. The number of hydrogen-bond acceptors (Lipinski definition) is 6. The van der Waals surface area contributed by atoms with Gasteiger partial charge in [-0.05, 0) is 24.7 Å².